The summed E-state index contributed by atoms with van der Waals surface area (Å²) < 4.78 is 2.20. The number of imidazole rings is 1. The molecular weight excluding hydrogens is 327 g/mol. The van der Waals surface area contributed by atoms with Crippen LogP contribution in [0.1, 0.15) is 33.5 Å². The first-order valence-electron chi connectivity index (χ1n) is 7.10. The van der Waals surface area contributed by atoms with Crippen LogP contribution in [-0.2, 0) is 12.4 Å². The molecule has 0 aliphatic heterocycles. The van der Waals surface area contributed by atoms with E-state index < -0.39 is 0 Å². The zero-order valence-electron chi connectivity index (χ0n) is 12.7. The van der Waals surface area contributed by atoms with Gasteiger partial charge in [0.25, 0.3) is 0 Å². The van der Waals surface area contributed by atoms with Gasteiger partial charge in [0.2, 0.25) is 0 Å². The summed E-state index contributed by atoms with van der Waals surface area (Å²) in [7, 11) is 0. The van der Waals surface area contributed by atoms with Gasteiger partial charge in [0.1, 0.15) is 5.82 Å². The molecule has 0 bridgehead atoms. The van der Waals surface area contributed by atoms with Crippen LogP contribution in [0.2, 0.25) is 10.0 Å². The van der Waals surface area contributed by atoms with Gasteiger partial charge in [-0.15, -0.1) is 11.6 Å². The average Bonchev–Trinajstić information content (AvgIpc) is 2.69. The van der Waals surface area contributed by atoms with Crippen molar-refractivity contribution in [1.82, 2.24) is 9.55 Å². The summed E-state index contributed by atoms with van der Waals surface area (Å²) in [5.74, 6) is 1.86. The van der Waals surface area contributed by atoms with E-state index in [1.54, 1.807) is 0 Å². The quantitative estimate of drug-likeness (QED) is 0.646. The second kappa shape index (κ2) is 4.78. The number of hydrogen-bond donors (Lipinski definition) is 0. The van der Waals surface area contributed by atoms with Crippen molar-refractivity contribution in [2.45, 2.75) is 40.1 Å². The first kappa shape index (κ1) is 15.5. The molecular formula is C16H19Cl3N2. The molecule has 3 rings (SSSR count). The SMILES string of the molecule is CC1(C)C(Cn2c(CCl)nc3cc(Cl)c(Cl)cc32)C1(C)C. The first-order chi connectivity index (χ1) is 9.70. The Kier molecular flexibility index (Phi) is 3.52. The van der Waals surface area contributed by atoms with Crippen molar-refractivity contribution in [2.75, 3.05) is 0 Å². The molecule has 0 N–H and O–H groups in total. The largest absolute Gasteiger partial charge is 0.327 e. The van der Waals surface area contributed by atoms with E-state index in [9.17, 15) is 0 Å². The monoisotopic (exact) mass is 344 g/mol. The van der Waals surface area contributed by atoms with E-state index in [0.717, 1.165) is 23.4 Å². The van der Waals surface area contributed by atoms with Crippen LogP contribution in [0.3, 0.4) is 0 Å². The van der Waals surface area contributed by atoms with E-state index in [2.05, 4.69) is 37.2 Å². The van der Waals surface area contributed by atoms with Crippen LogP contribution in [0.15, 0.2) is 12.1 Å². The Balaban J connectivity index is 2.08. The van der Waals surface area contributed by atoms with Crippen LogP contribution in [0.5, 0.6) is 0 Å². The van der Waals surface area contributed by atoms with Gasteiger partial charge in [-0.1, -0.05) is 50.9 Å². The van der Waals surface area contributed by atoms with Crippen LogP contribution in [0.4, 0.5) is 0 Å². The van der Waals surface area contributed by atoms with Gasteiger partial charge >= 0.3 is 0 Å². The predicted molar refractivity (Wildman–Crippen MR) is 90.4 cm³/mol. The Labute approximate surface area is 140 Å². The van der Waals surface area contributed by atoms with Gasteiger partial charge in [-0.25, -0.2) is 4.98 Å². The third kappa shape index (κ3) is 2.18. The third-order valence-electron chi connectivity index (χ3n) is 5.67. The number of hydrogen-bond acceptors (Lipinski definition) is 1. The van der Waals surface area contributed by atoms with Crippen LogP contribution >= 0.6 is 34.8 Å². The van der Waals surface area contributed by atoms with E-state index >= 15 is 0 Å². The molecule has 0 amide bonds. The number of benzene rings is 1. The maximum absolute atomic E-state index is 6.17. The Bertz CT molecular complexity index is 702. The number of nitrogens with zero attached hydrogens (tertiary/aromatic N) is 2. The Hall–Kier alpha value is -0.440. The van der Waals surface area contributed by atoms with Crippen LogP contribution in [0.25, 0.3) is 11.0 Å². The minimum Gasteiger partial charge on any atom is -0.327 e. The van der Waals surface area contributed by atoms with Crippen molar-refractivity contribution in [3.63, 3.8) is 0 Å². The zero-order chi connectivity index (χ0) is 15.6. The summed E-state index contributed by atoms with van der Waals surface area (Å²) in [5.41, 5.74) is 2.52. The van der Waals surface area contributed by atoms with Crippen LogP contribution < -0.4 is 0 Å². The molecule has 0 spiro atoms. The summed E-state index contributed by atoms with van der Waals surface area (Å²) in [6, 6.07) is 3.71. The molecule has 114 valence electrons. The number of alkyl halides is 1. The maximum Gasteiger partial charge on any atom is 0.124 e. The van der Waals surface area contributed by atoms with Crippen molar-refractivity contribution in [3.05, 3.63) is 28.0 Å². The summed E-state index contributed by atoms with van der Waals surface area (Å²) in [6.45, 7) is 10.2. The summed E-state index contributed by atoms with van der Waals surface area (Å²) in [4.78, 5) is 4.60. The molecule has 0 atom stereocenters. The number of fused-ring (bicyclic) bond motifs is 1. The topological polar surface area (TPSA) is 17.8 Å². The lowest BCUT2D eigenvalue weighted by molar-refractivity contribution is 0.457. The molecule has 0 saturated heterocycles. The van der Waals surface area contributed by atoms with E-state index in [1.165, 1.54) is 0 Å². The fourth-order valence-electron chi connectivity index (χ4n) is 3.45. The minimum absolute atomic E-state index is 0.323. The standard InChI is InChI=1S/C16H19Cl3N2/c1-15(2)13(16(15,3)4)8-21-12-6-10(19)9(18)5-11(12)20-14(21)7-17/h5-6,13H,7-8H2,1-4H3. The summed E-state index contributed by atoms with van der Waals surface area (Å²) in [5, 5.41) is 1.09. The van der Waals surface area contributed by atoms with Crippen LogP contribution in [0, 0.1) is 16.7 Å². The van der Waals surface area contributed by atoms with Crippen LogP contribution in [-0.4, -0.2) is 9.55 Å². The summed E-state index contributed by atoms with van der Waals surface area (Å²) >= 11 is 18.3. The highest BCUT2D eigenvalue weighted by molar-refractivity contribution is 6.42. The van der Waals surface area contributed by atoms with Gasteiger partial charge in [0.15, 0.2) is 0 Å². The molecule has 1 aromatic heterocycles. The Morgan fingerprint density at radius 1 is 1.10 bits per heavy atom. The molecule has 1 fully saturated rings. The van der Waals surface area contributed by atoms with Gasteiger partial charge in [-0.2, -0.15) is 0 Å². The molecule has 21 heavy (non-hydrogen) atoms. The summed E-state index contributed by atoms with van der Waals surface area (Å²) in [6.07, 6.45) is 0. The fraction of sp³-hybridized carbons (Fsp3) is 0.562. The van der Waals surface area contributed by atoms with Gasteiger partial charge in [0.05, 0.1) is 27.0 Å². The fourth-order valence-corrected chi connectivity index (χ4v) is 3.97. The number of aromatic nitrogens is 2. The molecule has 5 heteroatoms. The molecule has 0 unspecified atom stereocenters. The lowest BCUT2D eigenvalue weighted by Crippen LogP contribution is -2.07. The van der Waals surface area contributed by atoms with E-state index in [1.807, 2.05) is 12.1 Å². The van der Waals surface area contributed by atoms with E-state index in [-0.39, 0.29) is 0 Å². The van der Waals surface area contributed by atoms with E-state index in [0.29, 0.717) is 32.7 Å². The molecule has 1 aromatic carbocycles. The molecule has 2 aromatic rings. The second-order valence-corrected chi connectivity index (χ2v) is 8.10. The highest BCUT2D eigenvalue weighted by atomic mass is 35.5. The van der Waals surface area contributed by atoms with Gasteiger partial charge in [-0.05, 0) is 28.9 Å². The molecule has 1 saturated carbocycles. The Morgan fingerprint density at radius 2 is 1.67 bits per heavy atom. The van der Waals surface area contributed by atoms with Gasteiger partial charge in [-0.3, -0.25) is 0 Å². The lowest BCUT2D eigenvalue weighted by Gasteiger charge is -2.09. The number of halogens is 3. The smallest absolute Gasteiger partial charge is 0.124 e. The first-order valence-corrected chi connectivity index (χ1v) is 8.39. The van der Waals surface area contributed by atoms with Crippen molar-refractivity contribution >= 4 is 45.8 Å². The molecule has 1 heterocycles. The predicted octanol–water partition coefficient (Wildman–Crippen LogP) is 5.76. The lowest BCUT2D eigenvalue weighted by atomic mass is 10.0. The van der Waals surface area contributed by atoms with Crippen molar-refractivity contribution in [2.24, 2.45) is 16.7 Å². The van der Waals surface area contributed by atoms with Gasteiger partial charge in [0, 0.05) is 6.54 Å². The normalized spacial score (nSPS) is 20.1. The third-order valence-corrected chi connectivity index (χ3v) is 6.63. The second-order valence-electron chi connectivity index (χ2n) is 7.02. The van der Waals surface area contributed by atoms with Crippen molar-refractivity contribution in [3.8, 4) is 0 Å². The minimum atomic E-state index is 0.323. The van der Waals surface area contributed by atoms with E-state index in [4.69, 9.17) is 34.8 Å². The highest BCUT2D eigenvalue weighted by Crippen LogP contribution is 2.69. The van der Waals surface area contributed by atoms with Gasteiger partial charge < -0.3 is 4.57 Å². The maximum atomic E-state index is 6.17. The molecule has 1 aliphatic rings. The number of rotatable bonds is 3. The zero-order valence-corrected chi connectivity index (χ0v) is 14.9. The highest BCUT2D eigenvalue weighted by Gasteiger charge is 2.64. The Morgan fingerprint density at radius 3 is 2.19 bits per heavy atom. The average molecular weight is 346 g/mol. The molecule has 1 aliphatic carbocycles. The molecule has 2 nitrogen and oxygen atoms in total. The molecule has 0 radical (unpaired) electrons. The van der Waals surface area contributed by atoms with Crippen molar-refractivity contribution < 1.29 is 0 Å². The van der Waals surface area contributed by atoms with Crippen molar-refractivity contribution in [1.29, 1.82) is 0 Å².